The second-order valence-corrected chi connectivity index (χ2v) is 10.5. The Morgan fingerprint density at radius 2 is 1.22 bits per heavy atom. The summed E-state index contributed by atoms with van der Waals surface area (Å²) in [6, 6.07) is 26.3. The molecule has 4 aromatic rings. The highest BCUT2D eigenvalue weighted by atomic mass is 19.1. The fraction of sp³-hybridized carbons (Fsp3) is 0.156. The molecule has 1 fully saturated rings. The molecule has 1 aliphatic heterocycles. The van der Waals surface area contributed by atoms with Gasteiger partial charge in [0.25, 0.3) is 23.4 Å². The van der Waals surface area contributed by atoms with Crippen molar-refractivity contribution in [3.05, 3.63) is 146 Å². The summed E-state index contributed by atoms with van der Waals surface area (Å²) in [5, 5.41) is 13.0. The van der Waals surface area contributed by atoms with Crippen LogP contribution in [0.2, 0.25) is 0 Å². The number of benzene rings is 4. The molecule has 4 aliphatic rings. The zero-order valence-corrected chi connectivity index (χ0v) is 21.5. The van der Waals surface area contributed by atoms with Gasteiger partial charge in [-0.1, -0.05) is 66.7 Å². The number of nitro groups is 1. The summed E-state index contributed by atoms with van der Waals surface area (Å²) in [6.07, 6.45) is 0. The van der Waals surface area contributed by atoms with Crippen LogP contribution in [0.25, 0.3) is 0 Å². The molecule has 0 spiro atoms. The molecule has 8 rings (SSSR count). The second kappa shape index (κ2) is 9.19. The van der Waals surface area contributed by atoms with Crippen molar-refractivity contribution < 1.29 is 23.7 Å². The van der Waals surface area contributed by atoms with E-state index in [-0.39, 0.29) is 35.2 Å². The molecule has 2 bridgehead atoms. The minimum Gasteiger partial charge on any atom is -0.272 e. The molecule has 0 aromatic heterocycles. The summed E-state index contributed by atoms with van der Waals surface area (Å²) in [7, 11) is 0. The van der Waals surface area contributed by atoms with Crippen LogP contribution in [0.4, 0.5) is 10.1 Å². The molecule has 3 amide bonds. The van der Waals surface area contributed by atoms with E-state index in [1.54, 1.807) is 6.07 Å². The molecule has 0 saturated carbocycles. The summed E-state index contributed by atoms with van der Waals surface area (Å²) in [4.78, 5) is 53.1. The van der Waals surface area contributed by atoms with Crippen molar-refractivity contribution in [2.75, 3.05) is 0 Å². The van der Waals surface area contributed by atoms with Crippen LogP contribution in [-0.2, 0) is 16.1 Å². The van der Waals surface area contributed by atoms with Gasteiger partial charge in [-0.2, -0.15) is 5.01 Å². The summed E-state index contributed by atoms with van der Waals surface area (Å²) < 4.78 is 14.8. The van der Waals surface area contributed by atoms with Gasteiger partial charge < -0.3 is 0 Å². The first-order valence-corrected chi connectivity index (χ1v) is 13.2. The third-order valence-electron chi connectivity index (χ3n) is 8.50. The molecule has 0 N–H and O–H groups in total. The van der Waals surface area contributed by atoms with Crippen LogP contribution in [0.15, 0.2) is 97.1 Å². The van der Waals surface area contributed by atoms with Gasteiger partial charge >= 0.3 is 0 Å². The van der Waals surface area contributed by atoms with Crippen LogP contribution in [0.3, 0.4) is 0 Å². The first kappa shape index (κ1) is 24.8. The minimum atomic E-state index is -0.745. The molecule has 0 radical (unpaired) electrons. The van der Waals surface area contributed by atoms with E-state index in [9.17, 15) is 28.9 Å². The van der Waals surface area contributed by atoms with E-state index < -0.39 is 40.3 Å². The number of halogens is 1. The van der Waals surface area contributed by atoms with Crippen LogP contribution in [0, 0.1) is 27.8 Å². The molecule has 9 heteroatoms. The fourth-order valence-electron chi connectivity index (χ4n) is 6.80. The Labute approximate surface area is 233 Å². The molecule has 2 atom stereocenters. The van der Waals surface area contributed by atoms with Gasteiger partial charge in [0, 0.05) is 35.1 Å². The largest absolute Gasteiger partial charge is 0.273 e. The average Bonchev–Trinajstić information content (AvgIpc) is 3.26. The lowest BCUT2D eigenvalue weighted by Gasteiger charge is -2.45. The molecular formula is C32H22FN3O5. The molecule has 1 saturated heterocycles. The number of imide groups is 1. The smallest absolute Gasteiger partial charge is 0.272 e. The Bertz CT molecular complexity index is 1660. The number of nitro benzene ring substituents is 1. The van der Waals surface area contributed by atoms with Crippen molar-refractivity contribution >= 4 is 23.4 Å². The molecule has 41 heavy (non-hydrogen) atoms. The topological polar surface area (TPSA) is 101 Å². The fourth-order valence-corrected chi connectivity index (χ4v) is 6.80. The molecule has 8 nitrogen and oxygen atoms in total. The standard InChI is InChI=1S/C32H22FN3O5/c33-25-12-6-1-7-19(25)17-34(30(37)18-13-15-20(16-14-18)36(40)41)35-31(38)28-26-21-8-2-3-9-22(21)27(29(28)32(35)39)24-11-5-4-10-23(24)26/h1-16,26-29H,17H2/t26?,27?,28-,29+. The maximum Gasteiger partial charge on any atom is 0.273 e. The van der Waals surface area contributed by atoms with E-state index in [1.165, 1.54) is 42.5 Å². The number of non-ortho nitro benzene ring substituents is 1. The molecule has 4 aromatic carbocycles. The van der Waals surface area contributed by atoms with Crippen molar-refractivity contribution in [1.29, 1.82) is 0 Å². The van der Waals surface area contributed by atoms with Crippen LogP contribution < -0.4 is 0 Å². The highest BCUT2D eigenvalue weighted by molar-refractivity contribution is 6.09. The maximum atomic E-state index is 14.8. The van der Waals surface area contributed by atoms with E-state index in [0.717, 1.165) is 32.3 Å². The van der Waals surface area contributed by atoms with E-state index in [0.29, 0.717) is 0 Å². The minimum absolute atomic E-state index is 0.0250. The zero-order valence-electron chi connectivity index (χ0n) is 21.5. The lowest BCUT2D eigenvalue weighted by Crippen LogP contribution is -2.50. The van der Waals surface area contributed by atoms with E-state index in [2.05, 4.69) is 0 Å². The summed E-state index contributed by atoms with van der Waals surface area (Å²) in [5.74, 6) is -4.59. The monoisotopic (exact) mass is 547 g/mol. The van der Waals surface area contributed by atoms with Gasteiger partial charge in [-0.15, -0.1) is 0 Å². The number of carbonyl (C=O) groups excluding carboxylic acids is 3. The van der Waals surface area contributed by atoms with Gasteiger partial charge in [-0.05, 0) is 40.5 Å². The third-order valence-corrected chi connectivity index (χ3v) is 8.50. The van der Waals surface area contributed by atoms with Crippen molar-refractivity contribution in [2.24, 2.45) is 11.8 Å². The van der Waals surface area contributed by atoms with Crippen LogP contribution in [0.1, 0.15) is 50.0 Å². The van der Waals surface area contributed by atoms with E-state index >= 15 is 0 Å². The van der Waals surface area contributed by atoms with Crippen molar-refractivity contribution in [2.45, 2.75) is 18.4 Å². The van der Waals surface area contributed by atoms with E-state index in [1.807, 2.05) is 48.5 Å². The van der Waals surface area contributed by atoms with Crippen LogP contribution >= 0.6 is 0 Å². The van der Waals surface area contributed by atoms with Gasteiger partial charge in [0.15, 0.2) is 0 Å². The number of rotatable bonds is 5. The highest BCUT2D eigenvalue weighted by Gasteiger charge is 2.63. The van der Waals surface area contributed by atoms with Gasteiger partial charge in [-0.3, -0.25) is 24.5 Å². The second-order valence-electron chi connectivity index (χ2n) is 10.5. The lowest BCUT2D eigenvalue weighted by molar-refractivity contribution is -0.384. The molecule has 202 valence electrons. The van der Waals surface area contributed by atoms with Gasteiger partial charge in [0.2, 0.25) is 0 Å². The quantitative estimate of drug-likeness (QED) is 0.195. The summed E-state index contributed by atoms with van der Waals surface area (Å²) in [6.45, 7) is -0.380. The molecule has 3 aliphatic carbocycles. The number of hydrogen-bond acceptors (Lipinski definition) is 5. The summed E-state index contributed by atoms with van der Waals surface area (Å²) >= 11 is 0. The highest BCUT2D eigenvalue weighted by Crippen LogP contribution is 2.61. The van der Waals surface area contributed by atoms with Gasteiger partial charge in [-0.25, -0.2) is 9.40 Å². The van der Waals surface area contributed by atoms with Crippen molar-refractivity contribution in [3.63, 3.8) is 0 Å². The molecular weight excluding hydrogens is 525 g/mol. The van der Waals surface area contributed by atoms with Crippen molar-refractivity contribution in [3.8, 4) is 0 Å². The summed E-state index contributed by atoms with van der Waals surface area (Å²) in [5.41, 5.74) is 3.88. The predicted molar refractivity (Wildman–Crippen MR) is 145 cm³/mol. The Morgan fingerprint density at radius 3 is 1.68 bits per heavy atom. The maximum absolute atomic E-state index is 14.8. The number of nitrogens with zero attached hydrogens (tertiary/aromatic N) is 3. The predicted octanol–water partition coefficient (Wildman–Crippen LogP) is 5.18. The normalized spacial score (nSPS) is 21.7. The molecule has 1 heterocycles. The SMILES string of the molecule is O=C(c1ccc([N+](=O)[O-])cc1)N(Cc1ccccc1F)N1C(=O)[C@@H]2C3c4ccccc4C(c4ccccc43)[C@@H]2C1=O. The van der Waals surface area contributed by atoms with Crippen LogP contribution in [-0.4, -0.2) is 32.7 Å². The number of hydrazine groups is 1. The first-order chi connectivity index (χ1) is 19.9. The van der Waals surface area contributed by atoms with E-state index in [4.69, 9.17) is 0 Å². The molecule has 0 unspecified atom stereocenters. The average molecular weight is 548 g/mol. The van der Waals surface area contributed by atoms with Crippen molar-refractivity contribution in [1.82, 2.24) is 10.0 Å². The number of amides is 3. The zero-order chi connectivity index (χ0) is 28.4. The Kier molecular flexibility index (Phi) is 5.57. The van der Waals surface area contributed by atoms with Crippen LogP contribution in [0.5, 0.6) is 0 Å². The van der Waals surface area contributed by atoms with Gasteiger partial charge in [0.05, 0.1) is 23.3 Å². The Morgan fingerprint density at radius 1 is 0.756 bits per heavy atom. The lowest BCUT2D eigenvalue weighted by atomic mass is 9.55. The Hall–Kier alpha value is -5.18. The number of carbonyl (C=O) groups is 3. The Balaban J connectivity index is 1.34. The first-order valence-electron chi connectivity index (χ1n) is 13.2. The third kappa shape index (κ3) is 3.62. The number of hydrogen-bond donors (Lipinski definition) is 0. The van der Waals surface area contributed by atoms with Gasteiger partial charge in [0.1, 0.15) is 5.82 Å².